The predicted molar refractivity (Wildman–Crippen MR) is 53.3 cm³/mol. The van der Waals surface area contributed by atoms with E-state index in [0.29, 0.717) is 0 Å². The molecule has 0 aliphatic carbocycles. The molecule has 0 radical (unpaired) electrons. The molecule has 2 heterocycles. The fraction of sp³-hybridized carbons (Fsp3) is 0. The van der Waals surface area contributed by atoms with Crippen molar-refractivity contribution >= 4 is 5.97 Å². The number of aromatic carboxylic acids is 1. The first-order chi connectivity index (χ1) is 7.77. The third kappa shape index (κ3) is 2.11. The number of carboxylic acid groups (broad SMARTS) is 1. The van der Waals surface area contributed by atoms with Gasteiger partial charge in [-0.25, -0.2) is 9.78 Å². The highest BCUT2D eigenvalue weighted by Gasteiger charge is 2.13. The highest BCUT2D eigenvalue weighted by atomic mass is 16.5. The lowest BCUT2D eigenvalue weighted by atomic mass is 10.3. The minimum Gasteiger partial charge on any atom is -0.476 e. The van der Waals surface area contributed by atoms with E-state index in [1.807, 2.05) is 0 Å². The van der Waals surface area contributed by atoms with Gasteiger partial charge in [-0.1, -0.05) is 0 Å². The Kier molecular flexibility index (Phi) is 2.73. The first-order valence-electron chi connectivity index (χ1n) is 4.41. The van der Waals surface area contributed by atoms with Crippen molar-refractivity contribution in [3.05, 3.63) is 42.4 Å². The lowest BCUT2D eigenvalue weighted by Gasteiger charge is -2.05. The summed E-state index contributed by atoms with van der Waals surface area (Å²) in [6, 6.07) is 6.30. The van der Waals surface area contributed by atoms with Crippen molar-refractivity contribution in [2.24, 2.45) is 0 Å². The molecule has 1 N–H and O–H groups in total. The van der Waals surface area contributed by atoms with Crippen LogP contribution in [0.2, 0.25) is 0 Å². The van der Waals surface area contributed by atoms with Gasteiger partial charge in [0, 0.05) is 18.5 Å². The SMILES string of the molecule is O=C(O)c1ncccc1Oc1cccnn1. The average Bonchev–Trinajstić information content (AvgIpc) is 2.31. The van der Waals surface area contributed by atoms with E-state index in [1.165, 1.54) is 18.5 Å². The Balaban J connectivity index is 2.31. The minimum atomic E-state index is -1.15. The van der Waals surface area contributed by atoms with E-state index in [-0.39, 0.29) is 17.3 Å². The molecule has 16 heavy (non-hydrogen) atoms. The number of rotatable bonds is 3. The van der Waals surface area contributed by atoms with Crippen LogP contribution in [0.15, 0.2) is 36.7 Å². The average molecular weight is 217 g/mol. The van der Waals surface area contributed by atoms with Crippen LogP contribution in [-0.2, 0) is 0 Å². The van der Waals surface area contributed by atoms with E-state index >= 15 is 0 Å². The summed E-state index contributed by atoms with van der Waals surface area (Å²) in [5, 5.41) is 16.2. The first-order valence-corrected chi connectivity index (χ1v) is 4.41. The standard InChI is InChI=1S/C10H7N3O3/c14-10(15)9-7(3-1-5-11-9)16-8-4-2-6-12-13-8/h1-6H,(H,14,15). The molecule has 0 unspecified atom stereocenters. The number of hydrogen-bond donors (Lipinski definition) is 1. The summed E-state index contributed by atoms with van der Waals surface area (Å²) in [4.78, 5) is 14.5. The lowest BCUT2D eigenvalue weighted by Crippen LogP contribution is -2.03. The molecule has 0 aromatic carbocycles. The van der Waals surface area contributed by atoms with Gasteiger partial charge in [-0.15, -0.1) is 5.10 Å². The molecule has 6 nitrogen and oxygen atoms in total. The van der Waals surface area contributed by atoms with Gasteiger partial charge in [0.25, 0.3) is 0 Å². The van der Waals surface area contributed by atoms with Crippen LogP contribution in [0.3, 0.4) is 0 Å². The van der Waals surface area contributed by atoms with Gasteiger partial charge in [0.2, 0.25) is 5.88 Å². The quantitative estimate of drug-likeness (QED) is 0.835. The summed E-state index contributed by atoms with van der Waals surface area (Å²) in [6.45, 7) is 0. The zero-order chi connectivity index (χ0) is 11.4. The topological polar surface area (TPSA) is 85.2 Å². The van der Waals surface area contributed by atoms with E-state index in [1.54, 1.807) is 18.2 Å². The Bertz CT molecular complexity index is 502. The second kappa shape index (κ2) is 4.35. The number of ether oxygens (including phenoxy) is 1. The molecule has 2 aromatic heterocycles. The van der Waals surface area contributed by atoms with Crippen LogP contribution < -0.4 is 4.74 Å². The molecule has 2 rings (SSSR count). The summed E-state index contributed by atoms with van der Waals surface area (Å²) in [6.07, 6.45) is 2.88. The molecule has 0 atom stereocenters. The van der Waals surface area contributed by atoms with Crippen molar-refractivity contribution in [2.45, 2.75) is 0 Å². The van der Waals surface area contributed by atoms with Crippen LogP contribution in [0.4, 0.5) is 0 Å². The number of carbonyl (C=O) groups is 1. The molecule has 0 saturated carbocycles. The van der Waals surface area contributed by atoms with Gasteiger partial charge in [0.05, 0.1) is 0 Å². The molecular weight excluding hydrogens is 210 g/mol. The van der Waals surface area contributed by atoms with Gasteiger partial charge in [-0.3, -0.25) is 0 Å². The molecule has 0 saturated heterocycles. The van der Waals surface area contributed by atoms with Crippen LogP contribution in [0.25, 0.3) is 0 Å². The monoisotopic (exact) mass is 217 g/mol. The summed E-state index contributed by atoms with van der Waals surface area (Å²) in [5.74, 6) is -0.798. The predicted octanol–water partition coefficient (Wildman–Crippen LogP) is 1.36. The van der Waals surface area contributed by atoms with E-state index in [0.717, 1.165) is 0 Å². The van der Waals surface area contributed by atoms with Crippen LogP contribution in [0.1, 0.15) is 10.5 Å². The van der Waals surface area contributed by atoms with Gasteiger partial charge in [0.15, 0.2) is 11.4 Å². The molecular formula is C10H7N3O3. The van der Waals surface area contributed by atoms with Gasteiger partial charge >= 0.3 is 5.97 Å². The molecule has 0 aliphatic rings. The Hall–Kier alpha value is -2.50. The van der Waals surface area contributed by atoms with Crippen LogP contribution in [-0.4, -0.2) is 26.3 Å². The molecule has 0 bridgehead atoms. The van der Waals surface area contributed by atoms with Crippen LogP contribution in [0, 0.1) is 0 Å². The molecule has 6 heteroatoms. The smallest absolute Gasteiger partial charge is 0.358 e. The van der Waals surface area contributed by atoms with Crippen molar-refractivity contribution in [1.29, 1.82) is 0 Å². The largest absolute Gasteiger partial charge is 0.476 e. The van der Waals surface area contributed by atoms with E-state index < -0.39 is 5.97 Å². The molecule has 80 valence electrons. The zero-order valence-corrected chi connectivity index (χ0v) is 8.07. The Morgan fingerprint density at radius 2 is 2.06 bits per heavy atom. The first kappa shape index (κ1) is 10.0. The van der Waals surface area contributed by atoms with E-state index in [2.05, 4.69) is 15.2 Å². The fourth-order valence-electron chi connectivity index (χ4n) is 1.09. The minimum absolute atomic E-state index is 0.135. The van der Waals surface area contributed by atoms with Crippen LogP contribution >= 0.6 is 0 Å². The number of nitrogens with zero attached hydrogens (tertiary/aromatic N) is 3. The maximum absolute atomic E-state index is 10.8. The third-order valence-corrected chi connectivity index (χ3v) is 1.74. The van der Waals surface area contributed by atoms with Gasteiger partial charge in [-0.2, -0.15) is 5.10 Å². The summed E-state index contributed by atoms with van der Waals surface area (Å²) < 4.78 is 5.25. The summed E-state index contributed by atoms with van der Waals surface area (Å²) in [5.41, 5.74) is -0.159. The van der Waals surface area contributed by atoms with E-state index in [9.17, 15) is 4.79 Å². The number of pyridine rings is 1. The number of carboxylic acids is 1. The fourth-order valence-corrected chi connectivity index (χ4v) is 1.09. The van der Waals surface area contributed by atoms with Crippen molar-refractivity contribution in [3.63, 3.8) is 0 Å². The van der Waals surface area contributed by atoms with Crippen molar-refractivity contribution in [2.75, 3.05) is 0 Å². The zero-order valence-electron chi connectivity index (χ0n) is 8.07. The summed E-state index contributed by atoms with van der Waals surface area (Å²) >= 11 is 0. The third-order valence-electron chi connectivity index (χ3n) is 1.74. The summed E-state index contributed by atoms with van der Waals surface area (Å²) in [7, 11) is 0. The van der Waals surface area contributed by atoms with E-state index in [4.69, 9.17) is 9.84 Å². The Morgan fingerprint density at radius 3 is 2.75 bits per heavy atom. The maximum Gasteiger partial charge on any atom is 0.358 e. The second-order valence-corrected chi connectivity index (χ2v) is 2.82. The maximum atomic E-state index is 10.8. The molecule has 2 aromatic rings. The van der Waals surface area contributed by atoms with Crippen molar-refractivity contribution < 1.29 is 14.6 Å². The number of aromatic nitrogens is 3. The molecule has 0 amide bonds. The normalized spacial score (nSPS) is 9.75. The number of hydrogen-bond acceptors (Lipinski definition) is 5. The molecule has 0 spiro atoms. The Labute approximate surface area is 90.6 Å². The Morgan fingerprint density at radius 1 is 1.25 bits per heavy atom. The molecule has 0 aliphatic heterocycles. The van der Waals surface area contributed by atoms with Crippen LogP contribution in [0.5, 0.6) is 11.6 Å². The van der Waals surface area contributed by atoms with Crippen molar-refractivity contribution in [1.82, 2.24) is 15.2 Å². The molecule has 0 fully saturated rings. The highest BCUT2D eigenvalue weighted by molar-refractivity contribution is 5.88. The van der Waals surface area contributed by atoms with Gasteiger partial charge < -0.3 is 9.84 Å². The highest BCUT2D eigenvalue weighted by Crippen LogP contribution is 2.21. The van der Waals surface area contributed by atoms with Gasteiger partial charge in [0.1, 0.15) is 0 Å². The second-order valence-electron chi connectivity index (χ2n) is 2.82. The van der Waals surface area contributed by atoms with Crippen molar-refractivity contribution in [3.8, 4) is 11.6 Å². The lowest BCUT2D eigenvalue weighted by molar-refractivity contribution is 0.0687. The van der Waals surface area contributed by atoms with Gasteiger partial charge in [-0.05, 0) is 18.2 Å².